The van der Waals surface area contributed by atoms with E-state index in [0.29, 0.717) is 12.1 Å². The van der Waals surface area contributed by atoms with Gasteiger partial charge in [0.25, 0.3) is 0 Å². The molecule has 0 aromatic heterocycles. The van der Waals surface area contributed by atoms with Crippen LogP contribution in [-0.2, 0) is 14.8 Å². The first-order valence-corrected chi connectivity index (χ1v) is 8.20. The van der Waals surface area contributed by atoms with Crippen molar-refractivity contribution in [2.45, 2.75) is 25.2 Å². The molecule has 0 fully saturated rings. The number of aryl methyl sites for hydroxylation is 1. The number of hydrogen-bond donors (Lipinski definition) is 1. The lowest BCUT2D eigenvalue weighted by atomic mass is 10.2. The highest BCUT2D eigenvalue weighted by Gasteiger charge is 2.26. The van der Waals surface area contributed by atoms with Crippen LogP contribution in [0.25, 0.3) is 0 Å². The molecule has 6 nitrogen and oxygen atoms in total. The summed E-state index contributed by atoms with van der Waals surface area (Å²) in [6.07, 6.45) is 0.626. The molecule has 0 saturated carbocycles. The lowest BCUT2D eigenvalue weighted by Crippen LogP contribution is -2.40. The second-order valence-corrected chi connectivity index (χ2v) is 7.08. The predicted molar refractivity (Wildman–Crippen MR) is 83.3 cm³/mol. The third-order valence-corrected chi connectivity index (χ3v) is 5.01. The standard InChI is InChI=1S/C14H23N3O3S/c1-5-8-17(10-14(18)16(3)4)21(19,20)12-7-6-11(2)13(15)9-12/h6-7,9H,5,8,10,15H2,1-4H3. The van der Waals surface area contributed by atoms with Gasteiger partial charge in [0.15, 0.2) is 0 Å². The minimum absolute atomic E-state index is 0.116. The molecule has 0 aliphatic heterocycles. The first-order valence-electron chi connectivity index (χ1n) is 6.76. The number of nitrogen functional groups attached to an aromatic ring is 1. The molecule has 0 radical (unpaired) electrons. The fourth-order valence-corrected chi connectivity index (χ4v) is 3.27. The largest absolute Gasteiger partial charge is 0.398 e. The Hall–Kier alpha value is -1.60. The maximum absolute atomic E-state index is 12.6. The van der Waals surface area contributed by atoms with E-state index < -0.39 is 10.0 Å². The predicted octanol–water partition coefficient (Wildman–Crippen LogP) is 1.07. The van der Waals surface area contributed by atoms with Crippen LogP contribution in [0.5, 0.6) is 0 Å². The van der Waals surface area contributed by atoms with E-state index in [4.69, 9.17) is 5.73 Å². The van der Waals surface area contributed by atoms with Crippen LogP contribution in [-0.4, -0.2) is 50.7 Å². The van der Waals surface area contributed by atoms with E-state index in [0.717, 1.165) is 5.56 Å². The van der Waals surface area contributed by atoms with Crippen LogP contribution >= 0.6 is 0 Å². The van der Waals surface area contributed by atoms with Crippen molar-refractivity contribution in [3.63, 3.8) is 0 Å². The minimum atomic E-state index is -3.73. The first-order chi connectivity index (χ1) is 9.70. The van der Waals surface area contributed by atoms with E-state index in [1.54, 1.807) is 20.2 Å². The Morgan fingerprint density at radius 1 is 1.29 bits per heavy atom. The number of sulfonamides is 1. The third kappa shape index (κ3) is 4.18. The van der Waals surface area contributed by atoms with Crippen molar-refractivity contribution >= 4 is 21.6 Å². The quantitative estimate of drug-likeness (QED) is 0.796. The molecular weight excluding hydrogens is 290 g/mol. The number of hydrogen-bond acceptors (Lipinski definition) is 4. The van der Waals surface area contributed by atoms with Gasteiger partial charge in [-0.25, -0.2) is 8.42 Å². The van der Waals surface area contributed by atoms with E-state index in [-0.39, 0.29) is 23.9 Å². The summed E-state index contributed by atoms with van der Waals surface area (Å²) in [7, 11) is -0.525. The average molecular weight is 313 g/mol. The molecule has 1 aromatic carbocycles. The summed E-state index contributed by atoms with van der Waals surface area (Å²) in [5.74, 6) is -0.257. The lowest BCUT2D eigenvalue weighted by molar-refractivity contribution is -0.128. The van der Waals surface area contributed by atoms with Gasteiger partial charge in [0.2, 0.25) is 15.9 Å². The number of anilines is 1. The van der Waals surface area contributed by atoms with Gasteiger partial charge in [-0.05, 0) is 31.0 Å². The first kappa shape index (κ1) is 17.5. The van der Waals surface area contributed by atoms with Crippen molar-refractivity contribution in [1.29, 1.82) is 0 Å². The Morgan fingerprint density at radius 2 is 1.90 bits per heavy atom. The zero-order valence-electron chi connectivity index (χ0n) is 13.0. The SMILES string of the molecule is CCCN(CC(=O)N(C)C)S(=O)(=O)c1ccc(C)c(N)c1. The van der Waals surface area contributed by atoms with Crippen molar-refractivity contribution in [1.82, 2.24) is 9.21 Å². The number of rotatable bonds is 6. The van der Waals surface area contributed by atoms with Crippen LogP contribution < -0.4 is 5.73 Å². The number of nitrogens with two attached hydrogens (primary N) is 1. The van der Waals surface area contributed by atoms with Crippen molar-refractivity contribution in [3.05, 3.63) is 23.8 Å². The van der Waals surface area contributed by atoms with Crippen LogP contribution in [0.15, 0.2) is 23.1 Å². The lowest BCUT2D eigenvalue weighted by Gasteiger charge is -2.23. The summed E-state index contributed by atoms with van der Waals surface area (Å²) >= 11 is 0. The maximum Gasteiger partial charge on any atom is 0.243 e. The Balaban J connectivity index is 3.15. The molecule has 0 bridgehead atoms. The Bertz CT molecular complexity index is 612. The van der Waals surface area contributed by atoms with Gasteiger partial charge in [-0.3, -0.25) is 4.79 Å². The van der Waals surface area contributed by atoms with Gasteiger partial charge < -0.3 is 10.6 Å². The van der Waals surface area contributed by atoms with E-state index in [2.05, 4.69) is 0 Å². The fourth-order valence-electron chi connectivity index (χ4n) is 1.75. The molecule has 0 spiro atoms. The van der Waals surface area contributed by atoms with Gasteiger partial charge in [0.05, 0.1) is 11.4 Å². The molecule has 0 aliphatic carbocycles. The molecule has 0 saturated heterocycles. The molecule has 1 rings (SSSR count). The van der Waals surface area contributed by atoms with Crippen molar-refractivity contribution in [3.8, 4) is 0 Å². The fraction of sp³-hybridized carbons (Fsp3) is 0.500. The topological polar surface area (TPSA) is 83.7 Å². The molecule has 0 heterocycles. The number of benzene rings is 1. The Kier molecular flexibility index (Phi) is 5.74. The van der Waals surface area contributed by atoms with Gasteiger partial charge in [0.1, 0.15) is 0 Å². The van der Waals surface area contributed by atoms with Crippen LogP contribution in [0.2, 0.25) is 0 Å². The van der Waals surface area contributed by atoms with E-state index in [1.807, 2.05) is 13.8 Å². The van der Waals surface area contributed by atoms with Gasteiger partial charge in [0, 0.05) is 26.3 Å². The van der Waals surface area contributed by atoms with Crippen LogP contribution in [0, 0.1) is 6.92 Å². The van der Waals surface area contributed by atoms with Gasteiger partial charge in [-0.15, -0.1) is 0 Å². The zero-order chi connectivity index (χ0) is 16.2. The molecule has 2 N–H and O–H groups in total. The summed E-state index contributed by atoms with van der Waals surface area (Å²) in [5.41, 5.74) is 7.03. The molecular formula is C14H23N3O3S. The highest BCUT2D eigenvalue weighted by molar-refractivity contribution is 7.89. The summed E-state index contributed by atoms with van der Waals surface area (Å²) in [4.78, 5) is 13.3. The summed E-state index contributed by atoms with van der Waals surface area (Å²) in [6, 6.07) is 4.62. The number of amides is 1. The normalized spacial score (nSPS) is 11.7. The highest BCUT2D eigenvalue weighted by Crippen LogP contribution is 2.21. The van der Waals surface area contributed by atoms with Crippen molar-refractivity contribution < 1.29 is 13.2 Å². The maximum atomic E-state index is 12.6. The number of carbonyl (C=O) groups is 1. The second kappa shape index (κ2) is 6.91. The van der Waals surface area contributed by atoms with Crippen LogP contribution in [0.1, 0.15) is 18.9 Å². The molecule has 7 heteroatoms. The number of likely N-dealkylation sites (N-methyl/N-ethyl adjacent to an activating group) is 1. The van der Waals surface area contributed by atoms with Crippen LogP contribution in [0.4, 0.5) is 5.69 Å². The molecule has 0 unspecified atom stereocenters. The third-order valence-electron chi connectivity index (χ3n) is 3.17. The van der Waals surface area contributed by atoms with E-state index in [1.165, 1.54) is 21.3 Å². The average Bonchev–Trinajstić information content (AvgIpc) is 2.40. The Morgan fingerprint density at radius 3 is 2.38 bits per heavy atom. The molecule has 118 valence electrons. The highest BCUT2D eigenvalue weighted by atomic mass is 32.2. The second-order valence-electron chi connectivity index (χ2n) is 5.15. The summed E-state index contributed by atoms with van der Waals surface area (Å²) in [6.45, 7) is 3.80. The van der Waals surface area contributed by atoms with Gasteiger partial charge in [-0.2, -0.15) is 4.31 Å². The molecule has 1 amide bonds. The molecule has 1 aromatic rings. The van der Waals surface area contributed by atoms with Gasteiger partial charge in [-0.1, -0.05) is 13.0 Å². The number of carbonyl (C=O) groups excluding carboxylic acids is 1. The van der Waals surface area contributed by atoms with Crippen molar-refractivity contribution in [2.75, 3.05) is 32.9 Å². The van der Waals surface area contributed by atoms with Crippen molar-refractivity contribution in [2.24, 2.45) is 0 Å². The summed E-state index contributed by atoms with van der Waals surface area (Å²) in [5, 5.41) is 0. The minimum Gasteiger partial charge on any atom is -0.398 e. The zero-order valence-corrected chi connectivity index (χ0v) is 13.8. The van der Waals surface area contributed by atoms with Gasteiger partial charge >= 0.3 is 0 Å². The molecule has 21 heavy (non-hydrogen) atoms. The van der Waals surface area contributed by atoms with Crippen LogP contribution in [0.3, 0.4) is 0 Å². The number of nitrogens with zero attached hydrogens (tertiary/aromatic N) is 2. The van der Waals surface area contributed by atoms with E-state index in [9.17, 15) is 13.2 Å². The van der Waals surface area contributed by atoms with E-state index >= 15 is 0 Å². The summed E-state index contributed by atoms with van der Waals surface area (Å²) < 4.78 is 26.5. The molecule has 0 atom stereocenters. The monoisotopic (exact) mass is 313 g/mol. The Labute approximate surface area is 126 Å². The smallest absolute Gasteiger partial charge is 0.243 e. The molecule has 0 aliphatic rings.